The van der Waals surface area contributed by atoms with Gasteiger partial charge in [-0.3, -0.25) is 4.55 Å². The van der Waals surface area contributed by atoms with Gasteiger partial charge in [0.05, 0.1) is 0 Å². The Bertz CT molecular complexity index is 365. The number of rotatable bonds is 2. The zero-order valence-electron chi connectivity index (χ0n) is 8.07. The van der Waals surface area contributed by atoms with Gasteiger partial charge in [-0.05, 0) is 40.3 Å². The third-order valence-corrected chi connectivity index (χ3v) is 2.68. The Morgan fingerprint density at radius 3 is 2.15 bits per heavy atom. The standard InChI is InChI=1S/C7H7IO3S.Na.H/c8-7-3-1-6(2-4-7)5-12(9,10)11;;/h1-4H,5H2,(H,9,10,11);;/q;+1;-1. The van der Waals surface area contributed by atoms with Gasteiger partial charge in [-0.2, -0.15) is 8.42 Å². The molecule has 3 nitrogen and oxygen atoms in total. The van der Waals surface area contributed by atoms with Gasteiger partial charge >= 0.3 is 29.6 Å². The fraction of sp³-hybridized carbons (Fsp3) is 0.143. The van der Waals surface area contributed by atoms with Crippen LogP contribution in [0.3, 0.4) is 0 Å². The van der Waals surface area contributed by atoms with E-state index in [0.29, 0.717) is 5.56 Å². The van der Waals surface area contributed by atoms with Gasteiger partial charge in [-0.25, -0.2) is 0 Å². The van der Waals surface area contributed by atoms with Gasteiger partial charge in [-0.15, -0.1) is 0 Å². The maximum Gasteiger partial charge on any atom is 1.00 e. The van der Waals surface area contributed by atoms with Crippen LogP contribution >= 0.6 is 22.6 Å². The minimum absolute atomic E-state index is 0. The van der Waals surface area contributed by atoms with Crippen LogP contribution in [0.25, 0.3) is 0 Å². The quantitative estimate of drug-likeness (QED) is 0.423. The van der Waals surface area contributed by atoms with Crippen molar-refractivity contribution >= 4 is 32.7 Å². The molecule has 6 heteroatoms. The predicted octanol–water partition coefficient (Wildman–Crippen LogP) is -1.20. The summed E-state index contributed by atoms with van der Waals surface area (Å²) in [4.78, 5) is 0. The van der Waals surface area contributed by atoms with Crippen LogP contribution in [0, 0.1) is 3.57 Å². The first kappa shape index (κ1) is 13.9. The van der Waals surface area contributed by atoms with Crippen molar-refractivity contribution in [1.82, 2.24) is 0 Å². The summed E-state index contributed by atoms with van der Waals surface area (Å²) in [7, 11) is -3.89. The summed E-state index contributed by atoms with van der Waals surface area (Å²) < 4.78 is 30.4. The Hall–Kier alpha value is 0.860. The molecule has 1 N–H and O–H groups in total. The van der Waals surface area contributed by atoms with Crippen molar-refractivity contribution in [3.8, 4) is 0 Å². The van der Waals surface area contributed by atoms with Crippen molar-refractivity contribution in [1.29, 1.82) is 0 Å². The van der Waals surface area contributed by atoms with E-state index in [0.717, 1.165) is 3.57 Å². The van der Waals surface area contributed by atoms with Gasteiger partial charge in [0.25, 0.3) is 10.1 Å². The van der Waals surface area contributed by atoms with E-state index < -0.39 is 10.1 Å². The third-order valence-electron chi connectivity index (χ3n) is 1.26. The SMILES string of the molecule is O=S(=O)(O)Cc1ccc(I)cc1.[H-].[Na+]. The molecular weight excluding hydrogens is 314 g/mol. The molecule has 0 radical (unpaired) electrons. The zero-order chi connectivity index (χ0) is 9.19. The summed E-state index contributed by atoms with van der Waals surface area (Å²) in [6.07, 6.45) is 0. The first-order valence-corrected chi connectivity index (χ1v) is 5.86. The van der Waals surface area contributed by atoms with E-state index in [2.05, 4.69) is 22.6 Å². The number of hydrogen-bond donors (Lipinski definition) is 1. The second-order valence-electron chi connectivity index (χ2n) is 2.35. The summed E-state index contributed by atoms with van der Waals surface area (Å²) in [5.74, 6) is -0.316. The van der Waals surface area contributed by atoms with Crippen LogP contribution in [0.1, 0.15) is 6.99 Å². The minimum atomic E-state index is -3.89. The van der Waals surface area contributed by atoms with E-state index in [4.69, 9.17) is 4.55 Å². The van der Waals surface area contributed by atoms with Gasteiger partial charge in [0.15, 0.2) is 0 Å². The first-order chi connectivity index (χ1) is 5.47. The molecule has 0 aliphatic rings. The summed E-state index contributed by atoms with van der Waals surface area (Å²) >= 11 is 2.12. The Balaban J connectivity index is 0. The average molecular weight is 322 g/mol. The molecule has 0 atom stereocenters. The summed E-state index contributed by atoms with van der Waals surface area (Å²) in [5, 5.41) is 0. The Morgan fingerprint density at radius 1 is 1.31 bits per heavy atom. The van der Waals surface area contributed by atoms with Crippen LogP contribution in [-0.4, -0.2) is 13.0 Å². The van der Waals surface area contributed by atoms with Crippen LogP contribution < -0.4 is 29.6 Å². The molecule has 0 aliphatic heterocycles. The summed E-state index contributed by atoms with van der Waals surface area (Å²) in [6, 6.07) is 6.94. The molecule has 0 fully saturated rings. The van der Waals surface area contributed by atoms with E-state index in [1.54, 1.807) is 24.3 Å². The molecule has 0 bridgehead atoms. The monoisotopic (exact) mass is 322 g/mol. The molecule has 0 aromatic heterocycles. The van der Waals surface area contributed by atoms with Gasteiger partial charge in [0, 0.05) is 3.57 Å². The van der Waals surface area contributed by atoms with Gasteiger partial charge in [-0.1, -0.05) is 12.1 Å². The molecule has 0 heterocycles. The molecule has 13 heavy (non-hydrogen) atoms. The number of halogens is 1. The smallest absolute Gasteiger partial charge is 1.00 e. The van der Waals surface area contributed by atoms with Crippen molar-refractivity contribution < 1.29 is 44.0 Å². The number of benzene rings is 1. The molecule has 1 aromatic carbocycles. The van der Waals surface area contributed by atoms with Gasteiger partial charge in [0.1, 0.15) is 5.75 Å². The molecule has 0 unspecified atom stereocenters. The van der Waals surface area contributed by atoms with Crippen LogP contribution in [0.2, 0.25) is 0 Å². The largest absolute Gasteiger partial charge is 1.00 e. The van der Waals surface area contributed by atoms with E-state index in [9.17, 15) is 8.42 Å². The van der Waals surface area contributed by atoms with Crippen LogP contribution in [0.4, 0.5) is 0 Å². The van der Waals surface area contributed by atoms with Crippen LogP contribution in [-0.2, 0) is 15.9 Å². The van der Waals surface area contributed by atoms with E-state index in [-0.39, 0.29) is 36.7 Å². The Labute approximate surface area is 115 Å². The predicted molar refractivity (Wildman–Crippen MR) is 55.5 cm³/mol. The molecular formula is C7H8INaO3S. The molecule has 0 amide bonds. The normalized spacial score (nSPS) is 10.6. The molecule has 68 valence electrons. The Morgan fingerprint density at radius 2 is 1.77 bits per heavy atom. The topological polar surface area (TPSA) is 54.4 Å². The molecule has 0 aliphatic carbocycles. The second-order valence-corrected chi connectivity index (χ2v) is 5.05. The third kappa shape index (κ3) is 6.03. The second kappa shape index (κ2) is 5.67. The fourth-order valence-electron chi connectivity index (χ4n) is 0.791. The summed E-state index contributed by atoms with van der Waals surface area (Å²) in [6.45, 7) is 0. The van der Waals surface area contributed by atoms with Crippen molar-refractivity contribution in [2.75, 3.05) is 0 Å². The van der Waals surface area contributed by atoms with Gasteiger partial charge < -0.3 is 1.43 Å². The van der Waals surface area contributed by atoms with E-state index in [1.807, 2.05) is 0 Å². The van der Waals surface area contributed by atoms with Crippen LogP contribution in [0.5, 0.6) is 0 Å². The molecule has 1 aromatic rings. The average Bonchev–Trinajstić information content (AvgIpc) is 1.91. The summed E-state index contributed by atoms with van der Waals surface area (Å²) in [5.41, 5.74) is 0.595. The van der Waals surface area contributed by atoms with Gasteiger partial charge in [0.2, 0.25) is 0 Å². The number of hydrogen-bond acceptors (Lipinski definition) is 2. The Kier molecular flexibility index (Phi) is 6.05. The minimum Gasteiger partial charge on any atom is -1.00 e. The maximum atomic E-state index is 10.4. The molecule has 0 spiro atoms. The van der Waals surface area contributed by atoms with Crippen LogP contribution in [0.15, 0.2) is 24.3 Å². The molecule has 1 rings (SSSR count). The molecule has 0 saturated carbocycles. The van der Waals surface area contributed by atoms with Crippen molar-refractivity contribution in [3.05, 3.63) is 33.4 Å². The first-order valence-electron chi connectivity index (χ1n) is 3.17. The fourth-order valence-corrected chi connectivity index (χ4v) is 1.76. The van der Waals surface area contributed by atoms with Crippen molar-refractivity contribution in [3.63, 3.8) is 0 Å². The van der Waals surface area contributed by atoms with Crippen molar-refractivity contribution in [2.24, 2.45) is 0 Å². The zero-order valence-corrected chi connectivity index (χ0v) is 12.0. The van der Waals surface area contributed by atoms with Crippen molar-refractivity contribution in [2.45, 2.75) is 5.75 Å². The van der Waals surface area contributed by atoms with E-state index >= 15 is 0 Å². The van der Waals surface area contributed by atoms with E-state index in [1.165, 1.54) is 0 Å². The molecule has 0 saturated heterocycles. The maximum absolute atomic E-state index is 10.4.